The second-order valence-electron chi connectivity index (χ2n) is 5.80. The summed E-state index contributed by atoms with van der Waals surface area (Å²) in [5, 5.41) is 2.81. The smallest absolute Gasteiger partial charge is 0.287 e. The second-order valence-corrected chi connectivity index (χ2v) is 7.17. The molecule has 0 atom stereocenters. The minimum absolute atomic E-state index is 0.00361. The van der Waals surface area contributed by atoms with Crippen LogP contribution in [0.4, 0.5) is 10.1 Å². The highest BCUT2D eigenvalue weighted by atomic mass is 35.5. The first-order valence-electron chi connectivity index (χ1n) is 8.66. The zero-order valence-electron chi connectivity index (χ0n) is 15.4. The van der Waals surface area contributed by atoms with Crippen molar-refractivity contribution in [2.24, 2.45) is 0 Å². The highest BCUT2D eigenvalue weighted by molar-refractivity contribution is 7.99. The second kappa shape index (κ2) is 9.58. The molecule has 0 radical (unpaired) electrons. The number of anilines is 1. The zero-order chi connectivity index (χ0) is 20.8. The summed E-state index contributed by atoms with van der Waals surface area (Å²) in [6.07, 6.45) is 2.89. The van der Waals surface area contributed by atoms with Crippen LogP contribution in [0.3, 0.4) is 0 Å². The Labute approximate surface area is 175 Å². The van der Waals surface area contributed by atoms with E-state index < -0.39 is 11.4 Å². The van der Waals surface area contributed by atoms with Crippen molar-refractivity contribution in [1.29, 1.82) is 0 Å². The molecule has 1 amide bonds. The number of nitrogens with one attached hydrogen (secondary N) is 1. The molecule has 1 heterocycles. The quantitative estimate of drug-likeness (QED) is 0.566. The van der Waals surface area contributed by atoms with Crippen LogP contribution < -0.4 is 15.6 Å². The van der Waals surface area contributed by atoms with Crippen molar-refractivity contribution in [3.8, 4) is 11.4 Å². The molecule has 0 aliphatic carbocycles. The van der Waals surface area contributed by atoms with Crippen molar-refractivity contribution in [2.45, 2.75) is 11.9 Å². The fourth-order valence-electron chi connectivity index (χ4n) is 2.46. The number of benzene rings is 2. The van der Waals surface area contributed by atoms with Gasteiger partial charge < -0.3 is 10.1 Å². The van der Waals surface area contributed by atoms with Crippen molar-refractivity contribution in [2.75, 3.05) is 17.7 Å². The first-order valence-corrected chi connectivity index (χ1v) is 10.0. The molecule has 1 aromatic heterocycles. The first kappa shape index (κ1) is 20.9. The van der Waals surface area contributed by atoms with E-state index in [1.165, 1.54) is 35.2 Å². The van der Waals surface area contributed by atoms with Crippen molar-refractivity contribution < 1.29 is 13.9 Å². The van der Waals surface area contributed by atoms with E-state index in [1.807, 2.05) is 6.92 Å². The van der Waals surface area contributed by atoms with Gasteiger partial charge in [0.05, 0.1) is 23.1 Å². The van der Waals surface area contributed by atoms with E-state index in [-0.39, 0.29) is 21.7 Å². The molecular formula is C20H17ClFN3O3S. The molecule has 0 bridgehead atoms. The van der Waals surface area contributed by atoms with Crippen molar-refractivity contribution >= 4 is 35.0 Å². The Hall–Kier alpha value is -2.84. The van der Waals surface area contributed by atoms with Gasteiger partial charge in [-0.3, -0.25) is 14.2 Å². The largest absolute Gasteiger partial charge is 0.494 e. The average molecular weight is 434 g/mol. The summed E-state index contributed by atoms with van der Waals surface area (Å²) in [4.78, 5) is 28.9. The molecule has 0 aliphatic rings. The molecule has 3 rings (SSSR count). The van der Waals surface area contributed by atoms with Gasteiger partial charge in [0.15, 0.2) is 5.03 Å². The number of aromatic nitrogens is 2. The van der Waals surface area contributed by atoms with Crippen LogP contribution in [0, 0.1) is 5.82 Å². The number of hydrogen-bond donors (Lipinski definition) is 1. The Kier molecular flexibility index (Phi) is 6.90. The molecule has 0 unspecified atom stereocenters. The third-order valence-corrected chi connectivity index (χ3v) is 5.03. The lowest BCUT2D eigenvalue weighted by molar-refractivity contribution is -0.113. The number of carbonyl (C=O) groups excluding carboxylic acids is 1. The van der Waals surface area contributed by atoms with Crippen molar-refractivity contribution in [3.05, 3.63) is 76.1 Å². The molecule has 150 valence electrons. The molecule has 0 aliphatic heterocycles. The predicted octanol–water partition coefficient (Wildman–Crippen LogP) is 4.15. The van der Waals surface area contributed by atoms with Gasteiger partial charge in [0, 0.05) is 18.1 Å². The Balaban J connectivity index is 1.66. The summed E-state index contributed by atoms with van der Waals surface area (Å²) >= 11 is 6.80. The predicted molar refractivity (Wildman–Crippen MR) is 112 cm³/mol. The van der Waals surface area contributed by atoms with E-state index in [0.29, 0.717) is 18.0 Å². The minimum Gasteiger partial charge on any atom is -0.494 e. The molecule has 3 aromatic rings. The Morgan fingerprint density at radius 3 is 2.72 bits per heavy atom. The maximum Gasteiger partial charge on any atom is 0.287 e. The molecule has 0 saturated heterocycles. The van der Waals surface area contributed by atoms with Crippen LogP contribution in [0.5, 0.6) is 5.75 Å². The number of carbonyl (C=O) groups is 1. The zero-order valence-corrected chi connectivity index (χ0v) is 17.0. The van der Waals surface area contributed by atoms with Gasteiger partial charge in [-0.25, -0.2) is 9.37 Å². The lowest BCUT2D eigenvalue weighted by Crippen LogP contribution is -2.22. The van der Waals surface area contributed by atoms with Gasteiger partial charge in [0.2, 0.25) is 5.91 Å². The van der Waals surface area contributed by atoms with Gasteiger partial charge in [-0.05, 0) is 49.4 Å². The van der Waals surface area contributed by atoms with Crippen molar-refractivity contribution in [3.63, 3.8) is 0 Å². The van der Waals surface area contributed by atoms with Crippen LogP contribution in [0.25, 0.3) is 5.69 Å². The number of ether oxygens (including phenoxy) is 1. The standard InChI is InChI=1S/C20H17ClFN3O3S/c1-2-28-15-6-3-13(4-7-15)24-18(26)12-29-19-20(27)25(10-9-23-19)14-5-8-17(22)16(21)11-14/h3-11H,2,12H2,1H3,(H,24,26). The number of amides is 1. The van der Waals surface area contributed by atoms with Gasteiger partial charge >= 0.3 is 0 Å². The van der Waals surface area contributed by atoms with Crippen LogP contribution in [-0.4, -0.2) is 27.8 Å². The summed E-state index contributed by atoms with van der Waals surface area (Å²) in [5.74, 6) is -0.127. The Morgan fingerprint density at radius 2 is 2.03 bits per heavy atom. The maximum absolute atomic E-state index is 13.4. The Morgan fingerprint density at radius 1 is 1.28 bits per heavy atom. The van der Waals surface area contributed by atoms with Gasteiger partial charge in [-0.15, -0.1) is 0 Å². The van der Waals surface area contributed by atoms with Gasteiger partial charge in [0.1, 0.15) is 11.6 Å². The number of rotatable bonds is 7. The lowest BCUT2D eigenvalue weighted by Gasteiger charge is -2.09. The summed E-state index contributed by atoms with van der Waals surface area (Å²) in [7, 11) is 0. The summed E-state index contributed by atoms with van der Waals surface area (Å²) in [6, 6.07) is 11.0. The van der Waals surface area contributed by atoms with Crippen LogP contribution in [-0.2, 0) is 4.79 Å². The average Bonchev–Trinajstić information content (AvgIpc) is 2.71. The van der Waals surface area contributed by atoms with E-state index in [0.717, 1.165) is 17.5 Å². The normalized spacial score (nSPS) is 10.6. The highest BCUT2D eigenvalue weighted by Crippen LogP contribution is 2.19. The first-order chi connectivity index (χ1) is 14.0. The molecule has 0 saturated carbocycles. The molecule has 0 spiro atoms. The summed E-state index contributed by atoms with van der Waals surface area (Å²) < 4.78 is 20.0. The molecule has 1 N–H and O–H groups in total. The Bertz CT molecular complexity index is 1070. The number of thioether (sulfide) groups is 1. The minimum atomic E-state index is -0.571. The maximum atomic E-state index is 13.4. The van der Waals surface area contributed by atoms with Gasteiger partial charge in [-0.2, -0.15) is 0 Å². The fourth-order valence-corrected chi connectivity index (χ4v) is 3.33. The molecule has 2 aromatic carbocycles. The topological polar surface area (TPSA) is 73.2 Å². The van der Waals surface area contributed by atoms with Crippen LogP contribution in [0.2, 0.25) is 5.02 Å². The van der Waals surface area contributed by atoms with E-state index in [9.17, 15) is 14.0 Å². The summed E-state index contributed by atoms with van der Waals surface area (Å²) in [6.45, 7) is 2.46. The monoisotopic (exact) mass is 433 g/mol. The molecular weight excluding hydrogens is 417 g/mol. The highest BCUT2D eigenvalue weighted by Gasteiger charge is 2.11. The third-order valence-electron chi connectivity index (χ3n) is 3.78. The van der Waals surface area contributed by atoms with Crippen LogP contribution in [0.1, 0.15) is 6.92 Å². The summed E-state index contributed by atoms with van der Waals surface area (Å²) in [5.41, 5.74) is 0.608. The van der Waals surface area contributed by atoms with Crippen molar-refractivity contribution in [1.82, 2.24) is 9.55 Å². The van der Waals surface area contributed by atoms with E-state index in [4.69, 9.17) is 16.3 Å². The number of nitrogens with zero attached hydrogens (tertiary/aromatic N) is 2. The van der Waals surface area contributed by atoms with Crippen LogP contribution >= 0.6 is 23.4 Å². The van der Waals surface area contributed by atoms with Gasteiger partial charge in [-0.1, -0.05) is 23.4 Å². The molecule has 6 nitrogen and oxygen atoms in total. The van der Waals surface area contributed by atoms with E-state index in [1.54, 1.807) is 24.3 Å². The van der Waals surface area contributed by atoms with Crippen LogP contribution in [0.15, 0.2) is 64.7 Å². The molecule has 0 fully saturated rings. The fraction of sp³-hybridized carbons (Fsp3) is 0.150. The van der Waals surface area contributed by atoms with Gasteiger partial charge in [0.25, 0.3) is 5.56 Å². The van der Waals surface area contributed by atoms with E-state index >= 15 is 0 Å². The third kappa shape index (κ3) is 5.36. The molecule has 9 heteroatoms. The number of halogens is 2. The SMILES string of the molecule is CCOc1ccc(NC(=O)CSc2nccn(-c3ccc(F)c(Cl)c3)c2=O)cc1. The lowest BCUT2D eigenvalue weighted by atomic mass is 10.3. The van der Waals surface area contributed by atoms with E-state index in [2.05, 4.69) is 10.3 Å². The number of hydrogen-bond acceptors (Lipinski definition) is 5. The molecule has 29 heavy (non-hydrogen) atoms.